The third kappa shape index (κ3) is 3.77. The second kappa shape index (κ2) is 6.24. The molecule has 2 N–H and O–H groups in total. The summed E-state index contributed by atoms with van der Waals surface area (Å²) in [6, 6.07) is 1.80. The van der Waals surface area contributed by atoms with Crippen LogP contribution in [0.5, 0.6) is 0 Å². The fourth-order valence-electron chi connectivity index (χ4n) is 2.45. The zero-order valence-corrected chi connectivity index (χ0v) is 14.3. The zero-order chi connectivity index (χ0) is 16.5. The van der Waals surface area contributed by atoms with Crippen molar-refractivity contribution in [3.63, 3.8) is 0 Å². The summed E-state index contributed by atoms with van der Waals surface area (Å²) in [4.78, 5) is 25.0. The Morgan fingerprint density at radius 1 is 1.36 bits per heavy atom. The molecule has 1 atom stereocenters. The molecule has 5 heteroatoms. The quantitative estimate of drug-likeness (QED) is 0.809. The molecule has 1 unspecified atom stereocenters. The van der Waals surface area contributed by atoms with E-state index in [9.17, 15) is 14.7 Å². The van der Waals surface area contributed by atoms with Crippen molar-refractivity contribution in [1.29, 1.82) is 0 Å². The SMILES string of the molecule is CC1=CCC(C(=O)Nc2cc(C(C)(C)C)sc2C(=O)O)CC1. The molecule has 0 bridgehead atoms. The van der Waals surface area contributed by atoms with Gasteiger partial charge in [0, 0.05) is 10.8 Å². The summed E-state index contributed by atoms with van der Waals surface area (Å²) >= 11 is 1.24. The molecule has 4 nitrogen and oxygen atoms in total. The van der Waals surface area contributed by atoms with Crippen molar-refractivity contribution in [3.8, 4) is 0 Å². The van der Waals surface area contributed by atoms with Crippen LogP contribution >= 0.6 is 11.3 Å². The van der Waals surface area contributed by atoms with Crippen LogP contribution in [0.3, 0.4) is 0 Å². The number of allylic oxidation sites excluding steroid dienone is 2. The van der Waals surface area contributed by atoms with Gasteiger partial charge in [0.2, 0.25) is 5.91 Å². The van der Waals surface area contributed by atoms with Crippen LogP contribution in [0.1, 0.15) is 61.5 Å². The number of hydrogen-bond acceptors (Lipinski definition) is 3. The monoisotopic (exact) mass is 321 g/mol. The Kier molecular flexibility index (Phi) is 4.75. The first kappa shape index (κ1) is 16.7. The van der Waals surface area contributed by atoms with Crippen LogP contribution in [0.15, 0.2) is 17.7 Å². The molecule has 1 aromatic heterocycles. The van der Waals surface area contributed by atoms with Gasteiger partial charge in [-0.2, -0.15) is 0 Å². The Morgan fingerprint density at radius 2 is 2.05 bits per heavy atom. The van der Waals surface area contributed by atoms with Gasteiger partial charge < -0.3 is 10.4 Å². The summed E-state index contributed by atoms with van der Waals surface area (Å²) in [6.07, 6.45) is 4.59. The zero-order valence-electron chi connectivity index (χ0n) is 13.5. The van der Waals surface area contributed by atoms with Crippen molar-refractivity contribution in [2.45, 2.75) is 52.4 Å². The maximum Gasteiger partial charge on any atom is 0.348 e. The maximum absolute atomic E-state index is 12.4. The average molecular weight is 321 g/mol. The minimum Gasteiger partial charge on any atom is -0.477 e. The molecule has 0 fully saturated rings. The predicted octanol–water partition coefficient (Wildman–Crippen LogP) is 4.43. The highest BCUT2D eigenvalue weighted by Gasteiger charge is 2.26. The number of amides is 1. The fourth-order valence-corrected chi connectivity index (χ4v) is 3.46. The Bertz CT molecular complexity index is 622. The molecular formula is C17H23NO3S. The van der Waals surface area contributed by atoms with Crippen molar-refractivity contribution in [2.24, 2.45) is 5.92 Å². The summed E-state index contributed by atoms with van der Waals surface area (Å²) in [5.74, 6) is -1.14. The summed E-state index contributed by atoms with van der Waals surface area (Å²) in [5.41, 5.74) is 1.61. The van der Waals surface area contributed by atoms with Crippen molar-refractivity contribution < 1.29 is 14.7 Å². The molecule has 120 valence electrons. The molecule has 2 rings (SSSR count). The van der Waals surface area contributed by atoms with E-state index in [1.165, 1.54) is 16.9 Å². The first-order valence-corrected chi connectivity index (χ1v) is 8.34. The van der Waals surface area contributed by atoms with Gasteiger partial charge in [-0.05, 0) is 37.7 Å². The smallest absolute Gasteiger partial charge is 0.348 e. The number of carboxylic acid groups (broad SMARTS) is 1. The Labute approximate surface area is 135 Å². The van der Waals surface area contributed by atoms with Gasteiger partial charge in [0.25, 0.3) is 0 Å². The van der Waals surface area contributed by atoms with E-state index in [4.69, 9.17) is 0 Å². The number of rotatable bonds is 3. The average Bonchev–Trinajstić information content (AvgIpc) is 2.83. The Hall–Kier alpha value is -1.62. The lowest BCUT2D eigenvalue weighted by Crippen LogP contribution is -2.24. The summed E-state index contributed by atoms with van der Waals surface area (Å²) in [7, 11) is 0. The second-order valence-electron chi connectivity index (χ2n) is 6.92. The van der Waals surface area contributed by atoms with Gasteiger partial charge in [0.05, 0.1) is 5.69 Å². The largest absolute Gasteiger partial charge is 0.477 e. The van der Waals surface area contributed by atoms with Gasteiger partial charge in [-0.15, -0.1) is 11.3 Å². The van der Waals surface area contributed by atoms with Crippen molar-refractivity contribution in [2.75, 3.05) is 5.32 Å². The van der Waals surface area contributed by atoms with E-state index in [1.807, 2.05) is 20.8 Å². The molecule has 1 aliphatic rings. The number of hydrogen-bond donors (Lipinski definition) is 2. The topological polar surface area (TPSA) is 66.4 Å². The highest BCUT2D eigenvalue weighted by atomic mass is 32.1. The lowest BCUT2D eigenvalue weighted by atomic mass is 9.89. The number of carboxylic acids is 1. The molecule has 1 aliphatic carbocycles. The van der Waals surface area contributed by atoms with Crippen LogP contribution < -0.4 is 5.32 Å². The summed E-state index contributed by atoms with van der Waals surface area (Å²) < 4.78 is 0. The van der Waals surface area contributed by atoms with Gasteiger partial charge in [0.15, 0.2) is 0 Å². The van der Waals surface area contributed by atoms with Gasteiger partial charge in [0.1, 0.15) is 4.88 Å². The van der Waals surface area contributed by atoms with Crippen molar-refractivity contribution >= 4 is 28.9 Å². The predicted molar refractivity (Wildman–Crippen MR) is 89.7 cm³/mol. The molecule has 1 amide bonds. The number of aromatic carboxylic acids is 1. The van der Waals surface area contributed by atoms with E-state index in [-0.39, 0.29) is 22.1 Å². The molecule has 0 saturated carbocycles. The van der Waals surface area contributed by atoms with Crippen LogP contribution in [0.25, 0.3) is 0 Å². The van der Waals surface area contributed by atoms with Crippen LogP contribution in [-0.2, 0) is 10.2 Å². The van der Waals surface area contributed by atoms with Crippen LogP contribution in [-0.4, -0.2) is 17.0 Å². The number of carbonyl (C=O) groups excluding carboxylic acids is 1. The van der Waals surface area contributed by atoms with Gasteiger partial charge in [-0.25, -0.2) is 4.79 Å². The molecule has 0 aliphatic heterocycles. The first-order valence-electron chi connectivity index (χ1n) is 7.52. The van der Waals surface area contributed by atoms with Gasteiger partial charge >= 0.3 is 5.97 Å². The summed E-state index contributed by atoms with van der Waals surface area (Å²) in [6.45, 7) is 8.17. The van der Waals surface area contributed by atoms with E-state index >= 15 is 0 Å². The van der Waals surface area contributed by atoms with Crippen LogP contribution in [0, 0.1) is 5.92 Å². The maximum atomic E-state index is 12.4. The third-order valence-corrected chi connectivity index (χ3v) is 5.48. The van der Waals surface area contributed by atoms with Crippen LogP contribution in [0.4, 0.5) is 5.69 Å². The second-order valence-corrected chi connectivity index (χ2v) is 7.97. The van der Waals surface area contributed by atoms with Crippen molar-refractivity contribution in [3.05, 3.63) is 27.5 Å². The molecular weight excluding hydrogens is 298 g/mol. The third-order valence-electron chi connectivity index (χ3n) is 3.93. The molecule has 0 spiro atoms. The number of nitrogens with one attached hydrogen (secondary N) is 1. The number of thiophene rings is 1. The molecule has 0 radical (unpaired) electrons. The molecule has 22 heavy (non-hydrogen) atoms. The number of anilines is 1. The molecule has 0 saturated heterocycles. The van der Waals surface area contributed by atoms with Gasteiger partial charge in [-0.3, -0.25) is 4.79 Å². The van der Waals surface area contributed by atoms with E-state index in [2.05, 4.69) is 18.3 Å². The van der Waals surface area contributed by atoms with E-state index in [1.54, 1.807) is 6.07 Å². The molecule has 1 aromatic rings. The highest BCUT2D eigenvalue weighted by Crippen LogP contribution is 2.36. The van der Waals surface area contributed by atoms with Gasteiger partial charge in [-0.1, -0.05) is 32.4 Å². The Morgan fingerprint density at radius 3 is 2.55 bits per heavy atom. The van der Waals surface area contributed by atoms with E-state index in [0.717, 1.165) is 24.1 Å². The standard InChI is InChI=1S/C17H23NO3S/c1-10-5-7-11(8-6-10)15(19)18-12-9-13(17(2,3)4)22-14(12)16(20)21/h5,9,11H,6-8H2,1-4H3,(H,18,19)(H,20,21). The van der Waals surface area contributed by atoms with Crippen molar-refractivity contribution in [1.82, 2.24) is 0 Å². The number of carbonyl (C=O) groups is 2. The minimum absolute atomic E-state index is 0.0664. The van der Waals surface area contributed by atoms with Crippen LogP contribution in [0.2, 0.25) is 0 Å². The lowest BCUT2D eigenvalue weighted by molar-refractivity contribution is -0.120. The summed E-state index contributed by atoms with van der Waals surface area (Å²) in [5, 5.41) is 12.2. The molecule has 1 heterocycles. The highest BCUT2D eigenvalue weighted by molar-refractivity contribution is 7.14. The Balaban J connectivity index is 2.20. The normalized spacial score (nSPS) is 18.7. The minimum atomic E-state index is -0.991. The van der Waals surface area contributed by atoms with E-state index in [0.29, 0.717) is 5.69 Å². The van der Waals surface area contributed by atoms with E-state index < -0.39 is 5.97 Å². The lowest BCUT2D eigenvalue weighted by Gasteiger charge is -2.19. The fraction of sp³-hybridized carbons (Fsp3) is 0.529. The first-order chi connectivity index (χ1) is 10.2. The molecule has 0 aromatic carbocycles.